The highest BCUT2D eigenvalue weighted by molar-refractivity contribution is 5.94. The van der Waals surface area contributed by atoms with Crippen LogP contribution in [0.4, 0.5) is 13.2 Å². The Labute approximate surface area is 83.1 Å². The van der Waals surface area contributed by atoms with Crippen molar-refractivity contribution in [1.82, 2.24) is 4.57 Å². The molecule has 0 saturated heterocycles. The predicted octanol–water partition coefficient (Wildman–Crippen LogP) is 1.61. The molecule has 1 aromatic rings. The first-order valence-electron chi connectivity index (χ1n) is 4.02. The Morgan fingerprint density at radius 2 is 1.87 bits per heavy atom. The van der Waals surface area contributed by atoms with Gasteiger partial charge in [-0.3, -0.25) is 9.59 Å². The van der Waals surface area contributed by atoms with Crippen LogP contribution < -0.4 is 5.56 Å². The third-order valence-corrected chi connectivity index (χ3v) is 1.96. The lowest BCUT2D eigenvalue weighted by Gasteiger charge is -2.12. The Hall–Kier alpha value is -1.59. The van der Waals surface area contributed by atoms with Crippen LogP contribution in [0, 0.1) is 0 Å². The average molecular weight is 219 g/mol. The minimum atomic E-state index is -4.64. The van der Waals surface area contributed by atoms with E-state index in [-0.39, 0.29) is 5.56 Å². The number of Topliss-reactive ketones (excluding diaryl/α,β-unsaturated/α-hetero) is 1. The number of hydrogen-bond acceptors (Lipinski definition) is 2. The molecule has 0 aliphatic carbocycles. The van der Waals surface area contributed by atoms with Gasteiger partial charge in [0.05, 0.1) is 0 Å². The van der Waals surface area contributed by atoms with E-state index in [2.05, 4.69) is 0 Å². The minimum absolute atomic E-state index is 0.231. The Morgan fingerprint density at radius 1 is 1.33 bits per heavy atom. The second-order valence-corrected chi connectivity index (χ2v) is 3.08. The molecule has 0 N–H and O–H groups in total. The van der Waals surface area contributed by atoms with Crippen molar-refractivity contribution in [2.75, 3.05) is 0 Å². The van der Waals surface area contributed by atoms with Crippen molar-refractivity contribution in [3.05, 3.63) is 33.7 Å². The predicted molar refractivity (Wildman–Crippen MR) is 46.7 cm³/mol. The number of alkyl halides is 3. The summed E-state index contributed by atoms with van der Waals surface area (Å²) >= 11 is 0. The molecule has 0 aliphatic heterocycles. The highest BCUT2D eigenvalue weighted by Gasteiger charge is 2.34. The maximum Gasteiger partial charge on any atom is 0.431 e. The van der Waals surface area contributed by atoms with Crippen LogP contribution in [-0.4, -0.2) is 10.4 Å². The molecular formula is C9H8F3NO2. The number of halogens is 3. The number of aromatic nitrogens is 1. The van der Waals surface area contributed by atoms with Gasteiger partial charge in [-0.25, -0.2) is 0 Å². The van der Waals surface area contributed by atoms with Gasteiger partial charge in [-0.05, 0) is 13.0 Å². The van der Waals surface area contributed by atoms with Crippen LogP contribution in [0.2, 0.25) is 0 Å². The van der Waals surface area contributed by atoms with Crippen molar-refractivity contribution >= 4 is 5.78 Å². The lowest BCUT2D eigenvalue weighted by atomic mass is 10.1. The molecule has 0 radical (unpaired) electrons. The number of hydrogen-bond donors (Lipinski definition) is 0. The Bertz CT molecular complexity index is 459. The molecular weight excluding hydrogens is 211 g/mol. The highest BCUT2D eigenvalue weighted by Crippen LogP contribution is 2.28. The van der Waals surface area contributed by atoms with Gasteiger partial charge in [0.15, 0.2) is 5.78 Å². The van der Waals surface area contributed by atoms with Gasteiger partial charge in [-0.2, -0.15) is 13.2 Å². The molecule has 82 valence electrons. The minimum Gasteiger partial charge on any atom is -0.308 e. The van der Waals surface area contributed by atoms with E-state index < -0.39 is 23.2 Å². The standard InChI is InChI=1S/C9H8F3NO2/c1-5(14)6-3-7(9(10,11)12)13(2)8(15)4-6/h3-4H,1-2H3. The Morgan fingerprint density at radius 3 is 2.27 bits per heavy atom. The maximum atomic E-state index is 12.4. The van der Waals surface area contributed by atoms with E-state index in [1.54, 1.807) is 0 Å². The van der Waals surface area contributed by atoms with Crippen molar-refractivity contribution in [2.24, 2.45) is 7.05 Å². The van der Waals surface area contributed by atoms with E-state index in [1.807, 2.05) is 0 Å². The number of rotatable bonds is 1. The van der Waals surface area contributed by atoms with E-state index >= 15 is 0 Å². The van der Waals surface area contributed by atoms with Crippen LogP contribution in [-0.2, 0) is 13.2 Å². The van der Waals surface area contributed by atoms with Gasteiger partial charge >= 0.3 is 6.18 Å². The third kappa shape index (κ3) is 2.26. The zero-order chi connectivity index (χ0) is 11.8. The van der Waals surface area contributed by atoms with E-state index in [9.17, 15) is 22.8 Å². The maximum absolute atomic E-state index is 12.4. The van der Waals surface area contributed by atoms with Gasteiger partial charge in [0.2, 0.25) is 0 Å². The largest absolute Gasteiger partial charge is 0.431 e. The van der Waals surface area contributed by atoms with Crippen molar-refractivity contribution in [1.29, 1.82) is 0 Å². The number of ketones is 1. The summed E-state index contributed by atoms with van der Waals surface area (Å²) in [6, 6.07) is 1.56. The van der Waals surface area contributed by atoms with Crippen LogP contribution >= 0.6 is 0 Å². The molecule has 0 fully saturated rings. The summed E-state index contributed by atoms with van der Waals surface area (Å²) in [5.41, 5.74) is -2.21. The number of carbonyl (C=O) groups is 1. The van der Waals surface area contributed by atoms with Gasteiger partial charge < -0.3 is 4.57 Å². The summed E-state index contributed by atoms with van der Waals surface area (Å²) in [6.45, 7) is 1.11. The van der Waals surface area contributed by atoms with Crippen LogP contribution in [0.3, 0.4) is 0 Å². The molecule has 1 rings (SSSR count). The van der Waals surface area contributed by atoms with Crippen LogP contribution in [0.1, 0.15) is 23.0 Å². The van der Waals surface area contributed by atoms with Crippen molar-refractivity contribution in [3.63, 3.8) is 0 Å². The van der Waals surface area contributed by atoms with Crippen LogP contribution in [0.25, 0.3) is 0 Å². The monoisotopic (exact) mass is 219 g/mol. The molecule has 15 heavy (non-hydrogen) atoms. The summed E-state index contributed by atoms with van der Waals surface area (Å²) in [5.74, 6) is -0.571. The zero-order valence-electron chi connectivity index (χ0n) is 8.05. The number of carbonyl (C=O) groups excluding carboxylic acids is 1. The lowest BCUT2D eigenvalue weighted by molar-refractivity contribution is -0.143. The van der Waals surface area contributed by atoms with E-state index in [0.29, 0.717) is 10.6 Å². The molecule has 0 spiro atoms. The van der Waals surface area contributed by atoms with Crippen molar-refractivity contribution in [3.8, 4) is 0 Å². The summed E-state index contributed by atoms with van der Waals surface area (Å²) in [5, 5.41) is 0. The van der Waals surface area contributed by atoms with Gasteiger partial charge in [0.25, 0.3) is 5.56 Å². The molecule has 0 aliphatic rings. The number of nitrogens with zero attached hydrogens (tertiary/aromatic N) is 1. The Kier molecular flexibility index (Phi) is 2.70. The topological polar surface area (TPSA) is 39.1 Å². The second-order valence-electron chi connectivity index (χ2n) is 3.08. The summed E-state index contributed by atoms with van der Waals surface area (Å²) in [7, 11) is 1.01. The van der Waals surface area contributed by atoms with Crippen LogP contribution in [0.5, 0.6) is 0 Å². The average Bonchev–Trinajstić information content (AvgIpc) is 2.06. The summed E-state index contributed by atoms with van der Waals surface area (Å²) in [4.78, 5) is 22.0. The first-order chi connectivity index (χ1) is 6.73. The van der Waals surface area contributed by atoms with Crippen LogP contribution in [0.15, 0.2) is 16.9 Å². The van der Waals surface area contributed by atoms with E-state index in [4.69, 9.17) is 0 Å². The first-order valence-corrected chi connectivity index (χ1v) is 4.02. The first kappa shape index (κ1) is 11.5. The van der Waals surface area contributed by atoms with Crippen molar-refractivity contribution < 1.29 is 18.0 Å². The quantitative estimate of drug-likeness (QED) is 0.673. The third-order valence-electron chi connectivity index (χ3n) is 1.96. The molecule has 0 amide bonds. The molecule has 6 heteroatoms. The second kappa shape index (κ2) is 3.52. The molecule has 1 aromatic heterocycles. The normalized spacial score (nSPS) is 11.5. The van der Waals surface area contributed by atoms with E-state index in [0.717, 1.165) is 20.0 Å². The fraction of sp³-hybridized carbons (Fsp3) is 0.333. The molecule has 0 saturated carbocycles. The lowest BCUT2D eigenvalue weighted by Crippen LogP contribution is -2.26. The summed E-state index contributed by atoms with van der Waals surface area (Å²) < 4.78 is 37.7. The smallest absolute Gasteiger partial charge is 0.308 e. The molecule has 1 heterocycles. The molecule has 0 bridgehead atoms. The zero-order valence-corrected chi connectivity index (χ0v) is 8.05. The number of pyridine rings is 1. The van der Waals surface area contributed by atoms with Gasteiger partial charge in [0, 0.05) is 18.7 Å². The molecule has 0 unspecified atom stereocenters. The van der Waals surface area contributed by atoms with Crippen molar-refractivity contribution in [2.45, 2.75) is 13.1 Å². The molecule has 3 nitrogen and oxygen atoms in total. The summed E-state index contributed by atoms with van der Waals surface area (Å²) in [6.07, 6.45) is -4.64. The Balaban J connectivity index is 3.52. The fourth-order valence-corrected chi connectivity index (χ4v) is 1.11. The van der Waals surface area contributed by atoms with E-state index in [1.165, 1.54) is 0 Å². The fourth-order valence-electron chi connectivity index (χ4n) is 1.11. The molecule has 0 atom stereocenters. The van der Waals surface area contributed by atoms with Gasteiger partial charge in [0.1, 0.15) is 5.69 Å². The van der Waals surface area contributed by atoms with Gasteiger partial charge in [-0.1, -0.05) is 0 Å². The molecule has 0 aromatic carbocycles. The highest BCUT2D eigenvalue weighted by atomic mass is 19.4. The van der Waals surface area contributed by atoms with Gasteiger partial charge in [-0.15, -0.1) is 0 Å². The SMILES string of the molecule is CC(=O)c1cc(C(F)(F)F)n(C)c(=O)c1.